The monoisotopic (exact) mass is 484 g/mol. The van der Waals surface area contributed by atoms with Crippen molar-refractivity contribution >= 4 is 41.3 Å². The Morgan fingerprint density at radius 1 is 1.08 bits per heavy atom. The van der Waals surface area contributed by atoms with Gasteiger partial charge in [-0.2, -0.15) is 0 Å². The number of hydrogen-bond donors (Lipinski definition) is 2. The van der Waals surface area contributed by atoms with Gasteiger partial charge in [0.2, 0.25) is 0 Å². The zero-order chi connectivity index (χ0) is 17.6. The molecule has 0 saturated carbocycles. The van der Waals surface area contributed by atoms with Crippen molar-refractivity contribution in [3.63, 3.8) is 0 Å². The quantitative estimate of drug-likeness (QED) is 0.206. The molecule has 1 rings (SSSR count). The standard InChI is InChI=1S/C17H32N4O2S.HI/c1-5-7-9-22-11-12-23-10-8-19-17(18-6-2)20-13-16-14(3)21-15(4)24-16;/h5-13H2,1-4H3,(H2,18,19,20);1H. The minimum Gasteiger partial charge on any atom is -0.379 e. The molecule has 146 valence electrons. The molecule has 0 spiro atoms. The summed E-state index contributed by atoms with van der Waals surface area (Å²) in [5, 5.41) is 7.62. The highest BCUT2D eigenvalue weighted by molar-refractivity contribution is 14.0. The van der Waals surface area contributed by atoms with Crippen molar-refractivity contribution < 1.29 is 9.47 Å². The number of nitrogens with one attached hydrogen (secondary N) is 2. The van der Waals surface area contributed by atoms with Crippen LogP contribution in [0.3, 0.4) is 0 Å². The summed E-state index contributed by atoms with van der Waals surface area (Å²) in [5.41, 5.74) is 1.07. The average molecular weight is 484 g/mol. The Balaban J connectivity index is 0.00000576. The lowest BCUT2D eigenvalue weighted by Crippen LogP contribution is -2.39. The number of unbranched alkanes of at least 4 members (excludes halogenated alkanes) is 1. The van der Waals surface area contributed by atoms with Crippen LogP contribution in [0.15, 0.2) is 4.99 Å². The van der Waals surface area contributed by atoms with Crippen LogP contribution >= 0.6 is 35.3 Å². The number of thiazole rings is 1. The Morgan fingerprint density at radius 3 is 2.40 bits per heavy atom. The number of aryl methyl sites for hydroxylation is 2. The average Bonchev–Trinajstić information content (AvgIpc) is 2.88. The van der Waals surface area contributed by atoms with Gasteiger partial charge in [-0.05, 0) is 27.2 Å². The van der Waals surface area contributed by atoms with Crippen LogP contribution in [0.5, 0.6) is 0 Å². The van der Waals surface area contributed by atoms with Crippen molar-refractivity contribution in [1.29, 1.82) is 0 Å². The molecule has 1 heterocycles. The smallest absolute Gasteiger partial charge is 0.191 e. The summed E-state index contributed by atoms with van der Waals surface area (Å²) in [7, 11) is 0. The maximum absolute atomic E-state index is 5.55. The number of aromatic nitrogens is 1. The lowest BCUT2D eigenvalue weighted by Gasteiger charge is -2.11. The maximum atomic E-state index is 5.55. The first-order valence-corrected chi connectivity index (χ1v) is 9.59. The van der Waals surface area contributed by atoms with Crippen molar-refractivity contribution in [2.45, 2.75) is 47.1 Å². The summed E-state index contributed by atoms with van der Waals surface area (Å²) in [6.07, 6.45) is 2.28. The van der Waals surface area contributed by atoms with E-state index in [-0.39, 0.29) is 24.0 Å². The molecule has 0 saturated heterocycles. The number of guanidine groups is 1. The minimum atomic E-state index is 0. The van der Waals surface area contributed by atoms with Gasteiger partial charge in [-0.1, -0.05) is 13.3 Å². The zero-order valence-corrected chi connectivity index (χ0v) is 19.0. The first kappa shape index (κ1) is 24.6. The van der Waals surface area contributed by atoms with E-state index < -0.39 is 0 Å². The second-order valence-corrected chi connectivity index (χ2v) is 6.73. The van der Waals surface area contributed by atoms with Gasteiger partial charge >= 0.3 is 0 Å². The largest absolute Gasteiger partial charge is 0.379 e. The Morgan fingerprint density at radius 2 is 1.80 bits per heavy atom. The van der Waals surface area contributed by atoms with Gasteiger partial charge in [0.25, 0.3) is 0 Å². The zero-order valence-electron chi connectivity index (χ0n) is 15.9. The van der Waals surface area contributed by atoms with Crippen molar-refractivity contribution in [2.24, 2.45) is 4.99 Å². The third-order valence-electron chi connectivity index (χ3n) is 3.28. The number of rotatable bonds is 12. The van der Waals surface area contributed by atoms with Crippen molar-refractivity contribution in [3.05, 3.63) is 15.6 Å². The lowest BCUT2D eigenvalue weighted by atomic mass is 10.4. The van der Waals surface area contributed by atoms with Crippen LogP contribution in [-0.4, -0.2) is 50.5 Å². The number of aliphatic imine (C=N–C) groups is 1. The highest BCUT2D eigenvalue weighted by Gasteiger charge is 2.04. The predicted molar refractivity (Wildman–Crippen MR) is 116 cm³/mol. The third-order valence-corrected chi connectivity index (χ3v) is 4.34. The SMILES string of the molecule is CCCCOCCOCCNC(=NCc1sc(C)nc1C)NCC.I. The van der Waals surface area contributed by atoms with Crippen molar-refractivity contribution in [2.75, 3.05) is 39.5 Å². The molecule has 0 aliphatic carbocycles. The van der Waals surface area contributed by atoms with E-state index in [9.17, 15) is 0 Å². The van der Waals surface area contributed by atoms with Crippen molar-refractivity contribution in [3.8, 4) is 0 Å². The first-order valence-electron chi connectivity index (χ1n) is 8.77. The Kier molecular flexibility index (Phi) is 15.5. The van der Waals surface area contributed by atoms with E-state index in [0.29, 0.717) is 26.4 Å². The molecular weight excluding hydrogens is 451 g/mol. The van der Waals surface area contributed by atoms with Crippen LogP contribution < -0.4 is 10.6 Å². The number of ether oxygens (including phenoxy) is 2. The third kappa shape index (κ3) is 11.7. The van der Waals surface area contributed by atoms with Gasteiger partial charge in [-0.25, -0.2) is 9.98 Å². The highest BCUT2D eigenvalue weighted by Crippen LogP contribution is 2.17. The minimum absolute atomic E-state index is 0. The molecule has 1 aromatic rings. The van der Waals surface area contributed by atoms with E-state index in [1.54, 1.807) is 11.3 Å². The molecule has 0 fully saturated rings. The molecule has 25 heavy (non-hydrogen) atoms. The molecule has 2 N–H and O–H groups in total. The van der Waals surface area contributed by atoms with Gasteiger partial charge < -0.3 is 20.1 Å². The molecule has 0 radical (unpaired) electrons. The number of halogens is 1. The molecule has 0 bridgehead atoms. The fourth-order valence-corrected chi connectivity index (χ4v) is 2.88. The van der Waals surface area contributed by atoms with E-state index in [1.165, 1.54) is 4.88 Å². The van der Waals surface area contributed by atoms with Crippen LogP contribution in [0.25, 0.3) is 0 Å². The summed E-state index contributed by atoms with van der Waals surface area (Å²) < 4.78 is 11.0. The fourth-order valence-electron chi connectivity index (χ4n) is 2.02. The predicted octanol–water partition coefficient (Wildman–Crippen LogP) is 3.27. The molecule has 0 aliphatic heterocycles. The van der Waals surface area contributed by atoms with Gasteiger partial charge in [-0.15, -0.1) is 35.3 Å². The molecule has 6 nitrogen and oxygen atoms in total. The van der Waals surface area contributed by atoms with Crippen LogP contribution in [0.1, 0.15) is 42.3 Å². The summed E-state index contributed by atoms with van der Waals surface area (Å²) >= 11 is 1.71. The molecule has 0 aliphatic rings. The van der Waals surface area contributed by atoms with Gasteiger partial charge in [0.1, 0.15) is 0 Å². The second-order valence-electron chi connectivity index (χ2n) is 5.44. The van der Waals surface area contributed by atoms with Crippen LogP contribution in [-0.2, 0) is 16.0 Å². The first-order chi connectivity index (χ1) is 11.7. The normalized spacial score (nSPS) is 11.3. The van der Waals surface area contributed by atoms with E-state index in [2.05, 4.69) is 34.5 Å². The highest BCUT2D eigenvalue weighted by atomic mass is 127. The summed E-state index contributed by atoms with van der Waals surface area (Å²) in [5.74, 6) is 0.811. The number of hydrogen-bond acceptors (Lipinski definition) is 5. The summed E-state index contributed by atoms with van der Waals surface area (Å²) in [6, 6.07) is 0. The molecule has 1 aromatic heterocycles. The molecular formula is C17H33IN4O2S. The van der Waals surface area contributed by atoms with E-state index >= 15 is 0 Å². The summed E-state index contributed by atoms with van der Waals surface area (Å²) in [6.45, 7) is 13.3. The Labute approximate surface area is 173 Å². The fraction of sp³-hybridized carbons (Fsp3) is 0.765. The van der Waals surface area contributed by atoms with E-state index in [0.717, 1.165) is 49.2 Å². The van der Waals surface area contributed by atoms with E-state index in [4.69, 9.17) is 9.47 Å². The lowest BCUT2D eigenvalue weighted by molar-refractivity contribution is 0.0487. The Bertz CT molecular complexity index is 483. The topological polar surface area (TPSA) is 67.8 Å². The van der Waals surface area contributed by atoms with Gasteiger partial charge in [0, 0.05) is 24.6 Å². The molecule has 0 amide bonds. The summed E-state index contributed by atoms with van der Waals surface area (Å²) in [4.78, 5) is 10.3. The van der Waals surface area contributed by atoms with Crippen LogP contribution in [0.2, 0.25) is 0 Å². The van der Waals surface area contributed by atoms with Crippen LogP contribution in [0, 0.1) is 13.8 Å². The molecule has 0 atom stereocenters. The molecule has 0 aromatic carbocycles. The Hall–Kier alpha value is -0.450. The van der Waals surface area contributed by atoms with E-state index in [1.807, 2.05) is 13.8 Å². The molecule has 8 heteroatoms. The van der Waals surface area contributed by atoms with Gasteiger partial charge in [0.05, 0.1) is 37.1 Å². The van der Waals surface area contributed by atoms with Gasteiger partial charge in [0.15, 0.2) is 5.96 Å². The number of nitrogens with zero attached hydrogens (tertiary/aromatic N) is 2. The van der Waals surface area contributed by atoms with Gasteiger partial charge in [-0.3, -0.25) is 0 Å². The molecule has 0 unspecified atom stereocenters. The second kappa shape index (κ2) is 15.8. The van der Waals surface area contributed by atoms with Crippen LogP contribution in [0.4, 0.5) is 0 Å². The maximum Gasteiger partial charge on any atom is 0.191 e. The van der Waals surface area contributed by atoms with Crippen molar-refractivity contribution in [1.82, 2.24) is 15.6 Å².